The van der Waals surface area contributed by atoms with Gasteiger partial charge in [0.2, 0.25) is 12.3 Å². The number of aliphatic hydroxyl groups is 1. The summed E-state index contributed by atoms with van der Waals surface area (Å²) in [6.45, 7) is 5.20. The number of unbranched alkanes of at least 4 members (excludes halogenated alkanes) is 1. The van der Waals surface area contributed by atoms with Crippen molar-refractivity contribution in [3.8, 4) is 0 Å². The van der Waals surface area contributed by atoms with Gasteiger partial charge in [-0.3, -0.25) is 14.4 Å². The number of rotatable bonds is 12. The molecule has 1 atom stereocenters. The number of aliphatic hydroxyl groups excluding tert-OH is 1. The van der Waals surface area contributed by atoms with Crippen LogP contribution < -0.4 is 10.6 Å². The number of carbonyl (C=O) groups excluding carboxylic acids is 3. The van der Waals surface area contributed by atoms with Gasteiger partial charge < -0.3 is 25.4 Å². The van der Waals surface area contributed by atoms with Crippen LogP contribution in [-0.4, -0.2) is 61.6 Å². The Balaban J connectivity index is 0.000000389. The second-order valence-corrected chi connectivity index (χ2v) is 8.45. The molecule has 1 aliphatic rings. The molecule has 0 aliphatic heterocycles. The topological polar surface area (TPSA) is 108 Å². The third-order valence-corrected chi connectivity index (χ3v) is 5.54. The van der Waals surface area contributed by atoms with E-state index in [1.807, 2.05) is 6.92 Å². The van der Waals surface area contributed by atoms with Gasteiger partial charge in [-0.1, -0.05) is 25.0 Å². The highest BCUT2D eigenvalue weighted by Gasteiger charge is 2.52. The van der Waals surface area contributed by atoms with Crippen molar-refractivity contribution in [3.63, 3.8) is 0 Å². The second kappa shape index (κ2) is 14.6. The average Bonchev–Trinajstić information content (AvgIpc) is 2.72. The van der Waals surface area contributed by atoms with Crippen molar-refractivity contribution in [3.05, 3.63) is 29.8 Å². The smallest absolute Gasteiger partial charge is 0.321 e. The second-order valence-electron chi connectivity index (χ2n) is 8.45. The number of hydrogen-bond acceptors (Lipinski definition) is 6. The monoisotopic (exact) mass is 449 g/mol. The van der Waals surface area contributed by atoms with E-state index in [1.54, 1.807) is 31.2 Å². The highest BCUT2D eigenvalue weighted by atomic mass is 16.5. The van der Waals surface area contributed by atoms with E-state index in [1.165, 1.54) is 0 Å². The van der Waals surface area contributed by atoms with Crippen molar-refractivity contribution in [2.24, 2.45) is 5.41 Å². The summed E-state index contributed by atoms with van der Waals surface area (Å²) in [7, 11) is 4.12. The zero-order chi connectivity index (χ0) is 24.0. The summed E-state index contributed by atoms with van der Waals surface area (Å²) >= 11 is 0. The van der Waals surface area contributed by atoms with Crippen LogP contribution in [0.15, 0.2) is 24.3 Å². The molecule has 0 heterocycles. The van der Waals surface area contributed by atoms with Crippen LogP contribution >= 0.6 is 0 Å². The Morgan fingerprint density at radius 2 is 1.88 bits per heavy atom. The van der Waals surface area contributed by atoms with Crippen LogP contribution in [-0.2, 0) is 25.7 Å². The highest BCUT2D eigenvalue weighted by Crippen LogP contribution is 2.42. The van der Waals surface area contributed by atoms with Gasteiger partial charge >= 0.3 is 5.97 Å². The summed E-state index contributed by atoms with van der Waals surface area (Å²) in [5.74, 6) is -0.499. The van der Waals surface area contributed by atoms with Crippen molar-refractivity contribution in [2.45, 2.75) is 65.0 Å². The Morgan fingerprint density at radius 1 is 1.22 bits per heavy atom. The molecule has 2 rings (SSSR count). The minimum atomic E-state index is -0.909. The Labute approximate surface area is 191 Å². The molecule has 0 spiro atoms. The summed E-state index contributed by atoms with van der Waals surface area (Å²) < 4.78 is 5.07. The molecule has 3 N–H and O–H groups in total. The minimum Gasteiger partial charge on any atom is -0.465 e. The maximum Gasteiger partial charge on any atom is 0.321 e. The SMILES string of the molecule is CCOC(=O)C1(C(=O)NC(C)CCCCN(C)C)CCC1.O=CNc1ccc(CO)cc1. The lowest BCUT2D eigenvalue weighted by Crippen LogP contribution is -2.53. The molecule has 180 valence electrons. The first-order valence-corrected chi connectivity index (χ1v) is 11.3. The Hall–Kier alpha value is -2.45. The van der Waals surface area contributed by atoms with Gasteiger partial charge in [0.25, 0.3) is 0 Å². The van der Waals surface area contributed by atoms with Gasteiger partial charge in [-0.05, 0) is 77.9 Å². The molecule has 2 amide bonds. The van der Waals surface area contributed by atoms with Crippen molar-refractivity contribution in [1.82, 2.24) is 10.2 Å². The van der Waals surface area contributed by atoms with Crippen LogP contribution in [0.3, 0.4) is 0 Å². The number of carbonyl (C=O) groups is 3. The van der Waals surface area contributed by atoms with E-state index < -0.39 is 5.41 Å². The van der Waals surface area contributed by atoms with E-state index in [4.69, 9.17) is 9.84 Å². The summed E-state index contributed by atoms with van der Waals surface area (Å²) in [5, 5.41) is 14.2. The average molecular weight is 450 g/mol. The van der Waals surface area contributed by atoms with Crippen molar-refractivity contribution < 1.29 is 24.2 Å². The molecule has 8 heteroatoms. The third-order valence-electron chi connectivity index (χ3n) is 5.54. The molecule has 1 aliphatic carbocycles. The summed E-state index contributed by atoms with van der Waals surface area (Å²) in [5.41, 5.74) is 0.659. The van der Waals surface area contributed by atoms with Gasteiger partial charge in [0.05, 0.1) is 13.2 Å². The number of benzene rings is 1. The van der Waals surface area contributed by atoms with Crippen molar-refractivity contribution in [1.29, 1.82) is 0 Å². The van der Waals surface area contributed by atoms with Gasteiger partial charge in [-0.15, -0.1) is 0 Å². The first-order valence-electron chi connectivity index (χ1n) is 11.3. The fourth-order valence-electron chi connectivity index (χ4n) is 3.41. The molecule has 1 fully saturated rings. The zero-order valence-corrected chi connectivity index (χ0v) is 19.9. The first-order chi connectivity index (χ1) is 15.3. The first kappa shape index (κ1) is 27.6. The van der Waals surface area contributed by atoms with E-state index in [0.717, 1.165) is 43.5 Å². The molecule has 1 saturated carbocycles. The van der Waals surface area contributed by atoms with E-state index in [-0.39, 0.29) is 24.5 Å². The molecule has 0 radical (unpaired) electrons. The van der Waals surface area contributed by atoms with E-state index in [0.29, 0.717) is 25.9 Å². The quantitative estimate of drug-likeness (QED) is 0.196. The van der Waals surface area contributed by atoms with Crippen molar-refractivity contribution in [2.75, 3.05) is 32.6 Å². The lowest BCUT2D eigenvalue weighted by atomic mass is 9.68. The Kier molecular flexibility index (Phi) is 12.6. The normalized spacial score (nSPS) is 14.9. The Morgan fingerprint density at radius 3 is 2.34 bits per heavy atom. The van der Waals surface area contributed by atoms with Crippen LogP contribution in [0, 0.1) is 5.41 Å². The molecule has 0 bridgehead atoms. The number of nitrogens with zero attached hydrogens (tertiary/aromatic N) is 1. The van der Waals surface area contributed by atoms with Crippen LogP contribution in [0.5, 0.6) is 0 Å². The molecule has 1 unspecified atom stereocenters. The predicted octanol–water partition coefficient (Wildman–Crippen LogP) is 2.70. The summed E-state index contributed by atoms with van der Waals surface area (Å²) in [4.78, 5) is 36.5. The molecule has 0 aromatic heterocycles. The fourth-order valence-corrected chi connectivity index (χ4v) is 3.41. The van der Waals surface area contributed by atoms with Gasteiger partial charge in [-0.2, -0.15) is 0 Å². The standard InChI is InChI=1S/C16H30N2O3.C8H9NO2/c1-5-21-15(20)16(10-8-11-16)14(19)17-13(2)9-6-7-12-18(3)4;10-5-7-1-3-8(4-2-7)9-6-11/h13H,5-12H2,1-4H3,(H,17,19);1-4,6,10H,5H2,(H,9,11). The third kappa shape index (κ3) is 8.96. The van der Waals surface area contributed by atoms with Gasteiger partial charge in [0.15, 0.2) is 0 Å². The van der Waals surface area contributed by atoms with Crippen LogP contribution in [0.2, 0.25) is 0 Å². The predicted molar refractivity (Wildman–Crippen MR) is 125 cm³/mol. The van der Waals surface area contributed by atoms with Crippen LogP contribution in [0.1, 0.15) is 57.9 Å². The molecule has 0 saturated heterocycles. The molecular formula is C24H39N3O5. The number of anilines is 1. The highest BCUT2D eigenvalue weighted by molar-refractivity contribution is 6.03. The van der Waals surface area contributed by atoms with Crippen LogP contribution in [0.25, 0.3) is 0 Å². The maximum atomic E-state index is 12.4. The fraction of sp³-hybridized carbons (Fsp3) is 0.625. The lowest BCUT2D eigenvalue weighted by Gasteiger charge is -2.38. The van der Waals surface area contributed by atoms with Gasteiger partial charge in [0.1, 0.15) is 5.41 Å². The largest absolute Gasteiger partial charge is 0.465 e. The van der Waals surface area contributed by atoms with Crippen molar-refractivity contribution >= 4 is 24.0 Å². The maximum absolute atomic E-state index is 12.4. The van der Waals surface area contributed by atoms with Gasteiger partial charge in [-0.25, -0.2) is 0 Å². The number of ether oxygens (including phenoxy) is 1. The van der Waals surface area contributed by atoms with E-state index in [2.05, 4.69) is 29.6 Å². The number of esters is 1. The summed E-state index contributed by atoms with van der Waals surface area (Å²) in [6.07, 6.45) is 5.91. The Bertz CT molecular complexity index is 702. The van der Waals surface area contributed by atoms with E-state index >= 15 is 0 Å². The minimum absolute atomic E-state index is 0.0291. The molecule has 1 aromatic carbocycles. The number of amides is 2. The molecule has 8 nitrogen and oxygen atoms in total. The zero-order valence-electron chi connectivity index (χ0n) is 19.9. The number of nitrogens with one attached hydrogen (secondary N) is 2. The molecule has 1 aromatic rings. The lowest BCUT2D eigenvalue weighted by molar-refractivity contribution is -0.167. The number of hydrogen-bond donors (Lipinski definition) is 3. The molecule has 32 heavy (non-hydrogen) atoms. The van der Waals surface area contributed by atoms with Crippen LogP contribution in [0.4, 0.5) is 5.69 Å². The summed E-state index contributed by atoms with van der Waals surface area (Å²) in [6, 6.07) is 7.09. The molecular weight excluding hydrogens is 410 g/mol. The van der Waals surface area contributed by atoms with E-state index in [9.17, 15) is 14.4 Å². The van der Waals surface area contributed by atoms with Gasteiger partial charge in [0, 0.05) is 11.7 Å².